The summed E-state index contributed by atoms with van der Waals surface area (Å²) in [5, 5.41) is 9.02. The van der Waals surface area contributed by atoms with Gasteiger partial charge in [-0.15, -0.1) is 0 Å². The Morgan fingerprint density at radius 2 is 1.83 bits per heavy atom. The van der Waals surface area contributed by atoms with Crippen LogP contribution in [0.2, 0.25) is 0 Å². The van der Waals surface area contributed by atoms with Crippen LogP contribution in [0, 0.1) is 6.92 Å². The Morgan fingerprint density at radius 1 is 1.07 bits per heavy atom. The summed E-state index contributed by atoms with van der Waals surface area (Å²) in [6, 6.07) is 15.5. The number of anilines is 1. The van der Waals surface area contributed by atoms with E-state index in [1.54, 1.807) is 37.3 Å². The molecule has 0 aliphatic heterocycles. The van der Waals surface area contributed by atoms with Crippen molar-refractivity contribution in [2.45, 2.75) is 6.92 Å². The number of esters is 1. The highest BCUT2D eigenvalue weighted by Crippen LogP contribution is 2.25. The number of hydrogen-bond donors (Lipinski definition) is 2. The third-order valence-corrected chi connectivity index (χ3v) is 4.08. The Kier molecular flexibility index (Phi) is 6.03. The Labute approximate surface area is 166 Å². The lowest BCUT2D eigenvalue weighted by atomic mass is 10.1. The van der Waals surface area contributed by atoms with Gasteiger partial charge in [-0.3, -0.25) is 9.59 Å². The number of nitrogens with zero attached hydrogens (tertiary/aromatic N) is 1. The second-order valence-electron chi connectivity index (χ2n) is 6.11. The third kappa shape index (κ3) is 4.67. The van der Waals surface area contributed by atoms with Gasteiger partial charge < -0.3 is 19.9 Å². The van der Waals surface area contributed by atoms with Crippen LogP contribution in [0.4, 0.5) is 5.69 Å². The van der Waals surface area contributed by atoms with E-state index in [4.69, 9.17) is 9.26 Å². The van der Waals surface area contributed by atoms with Crippen LogP contribution in [0.3, 0.4) is 0 Å². The molecular formula is C21H19N3O5. The van der Waals surface area contributed by atoms with Crippen LogP contribution in [0.5, 0.6) is 0 Å². The van der Waals surface area contributed by atoms with Gasteiger partial charge in [0, 0.05) is 23.9 Å². The minimum Gasteiger partial charge on any atom is -0.452 e. The SMILES string of the molecule is CNC(=O)c1cccc(NC(=O)COC(=O)c2c(-c3ccccc3)noc2C)c1. The fourth-order valence-electron chi connectivity index (χ4n) is 2.69. The van der Waals surface area contributed by atoms with Gasteiger partial charge >= 0.3 is 5.97 Å². The lowest BCUT2D eigenvalue weighted by Gasteiger charge is -2.08. The highest BCUT2D eigenvalue weighted by molar-refractivity contribution is 6.00. The van der Waals surface area contributed by atoms with E-state index in [-0.39, 0.29) is 11.5 Å². The van der Waals surface area contributed by atoms with E-state index >= 15 is 0 Å². The number of carbonyl (C=O) groups excluding carboxylic acids is 3. The molecule has 2 N–H and O–H groups in total. The summed E-state index contributed by atoms with van der Waals surface area (Å²) in [6.45, 7) is 1.10. The van der Waals surface area contributed by atoms with E-state index < -0.39 is 18.5 Å². The van der Waals surface area contributed by atoms with Crippen LogP contribution in [0.1, 0.15) is 26.5 Å². The predicted molar refractivity (Wildman–Crippen MR) is 105 cm³/mol. The maximum absolute atomic E-state index is 12.5. The number of aryl methyl sites for hydroxylation is 1. The van der Waals surface area contributed by atoms with Crippen molar-refractivity contribution in [2.75, 3.05) is 19.0 Å². The topological polar surface area (TPSA) is 111 Å². The first-order valence-electron chi connectivity index (χ1n) is 8.80. The zero-order chi connectivity index (χ0) is 20.8. The van der Waals surface area contributed by atoms with Crippen molar-refractivity contribution in [3.05, 3.63) is 71.5 Å². The molecule has 0 radical (unpaired) electrons. The maximum Gasteiger partial charge on any atom is 0.344 e. The number of aromatic nitrogens is 1. The summed E-state index contributed by atoms with van der Waals surface area (Å²) in [4.78, 5) is 36.3. The molecular weight excluding hydrogens is 374 g/mol. The van der Waals surface area contributed by atoms with E-state index in [1.807, 2.05) is 18.2 Å². The summed E-state index contributed by atoms with van der Waals surface area (Å²) in [5.41, 5.74) is 2.04. The summed E-state index contributed by atoms with van der Waals surface area (Å²) in [7, 11) is 1.52. The third-order valence-electron chi connectivity index (χ3n) is 4.08. The second-order valence-corrected chi connectivity index (χ2v) is 6.11. The minimum atomic E-state index is -0.711. The first-order chi connectivity index (χ1) is 14.0. The van der Waals surface area contributed by atoms with Crippen molar-refractivity contribution >= 4 is 23.5 Å². The highest BCUT2D eigenvalue weighted by atomic mass is 16.5. The van der Waals surface area contributed by atoms with Gasteiger partial charge in [0.05, 0.1) is 0 Å². The van der Waals surface area contributed by atoms with Crippen LogP contribution in [0.25, 0.3) is 11.3 Å². The lowest BCUT2D eigenvalue weighted by Crippen LogP contribution is -2.22. The smallest absolute Gasteiger partial charge is 0.344 e. The molecule has 0 aliphatic rings. The van der Waals surface area contributed by atoms with Gasteiger partial charge in [0.2, 0.25) is 0 Å². The number of carbonyl (C=O) groups is 3. The van der Waals surface area contributed by atoms with Crippen LogP contribution >= 0.6 is 0 Å². The monoisotopic (exact) mass is 393 g/mol. The van der Waals surface area contributed by atoms with Crippen molar-refractivity contribution in [2.24, 2.45) is 0 Å². The summed E-state index contributed by atoms with van der Waals surface area (Å²) < 4.78 is 10.3. The van der Waals surface area contributed by atoms with E-state index in [1.165, 1.54) is 13.1 Å². The van der Waals surface area contributed by atoms with Crippen LogP contribution in [-0.2, 0) is 9.53 Å². The molecule has 148 valence electrons. The Morgan fingerprint density at radius 3 is 2.55 bits per heavy atom. The molecule has 0 spiro atoms. The van der Waals surface area contributed by atoms with Gasteiger partial charge in [-0.2, -0.15) is 0 Å². The molecule has 2 aromatic carbocycles. The molecule has 2 amide bonds. The number of benzene rings is 2. The van der Waals surface area contributed by atoms with Gasteiger partial charge in [0.25, 0.3) is 11.8 Å². The zero-order valence-electron chi connectivity index (χ0n) is 15.9. The average Bonchev–Trinajstić information content (AvgIpc) is 3.13. The maximum atomic E-state index is 12.5. The van der Waals surface area contributed by atoms with Gasteiger partial charge in [-0.1, -0.05) is 41.6 Å². The quantitative estimate of drug-likeness (QED) is 0.623. The Balaban J connectivity index is 1.65. The number of hydrogen-bond acceptors (Lipinski definition) is 6. The fraction of sp³-hybridized carbons (Fsp3) is 0.143. The van der Waals surface area contributed by atoms with Crippen LogP contribution < -0.4 is 10.6 Å². The largest absolute Gasteiger partial charge is 0.452 e. The molecule has 3 rings (SSSR count). The van der Waals surface area contributed by atoms with Crippen molar-refractivity contribution in [1.29, 1.82) is 0 Å². The second kappa shape index (κ2) is 8.83. The van der Waals surface area contributed by atoms with Crippen LogP contribution in [-0.4, -0.2) is 36.6 Å². The molecule has 0 saturated carbocycles. The van der Waals surface area contributed by atoms with E-state index in [2.05, 4.69) is 15.8 Å². The first-order valence-corrected chi connectivity index (χ1v) is 8.80. The molecule has 0 aliphatic carbocycles. The van der Waals surface area contributed by atoms with Crippen molar-refractivity contribution in [3.8, 4) is 11.3 Å². The van der Waals surface area contributed by atoms with Gasteiger partial charge in [-0.25, -0.2) is 4.79 Å². The normalized spacial score (nSPS) is 10.3. The van der Waals surface area contributed by atoms with Crippen molar-refractivity contribution < 1.29 is 23.6 Å². The lowest BCUT2D eigenvalue weighted by molar-refractivity contribution is -0.119. The Hall–Kier alpha value is -3.94. The van der Waals surface area contributed by atoms with Crippen molar-refractivity contribution in [3.63, 3.8) is 0 Å². The number of rotatable bonds is 6. The molecule has 29 heavy (non-hydrogen) atoms. The van der Waals surface area contributed by atoms with Gasteiger partial charge in [0.1, 0.15) is 17.0 Å². The number of amides is 2. The fourth-order valence-corrected chi connectivity index (χ4v) is 2.69. The molecule has 0 saturated heterocycles. The highest BCUT2D eigenvalue weighted by Gasteiger charge is 2.23. The first kappa shape index (κ1) is 19.8. The molecule has 1 aromatic heterocycles. The molecule has 8 heteroatoms. The molecule has 3 aromatic rings. The molecule has 8 nitrogen and oxygen atoms in total. The van der Waals surface area contributed by atoms with E-state index in [9.17, 15) is 14.4 Å². The van der Waals surface area contributed by atoms with Gasteiger partial charge in [0.15, 0.2) is 6.61 Å². The Bertz CT molecular complexity index is 1040. The van der Waals surface area contributed by atoms with Crippen LogP contribution in [0.15, 0.2) is 59.1 Å². The molecule has 0 atom stereocenters. The standard InChI is InChI=1S/C21H19N3O5/c1-13-18(19(24-29-13)14-7-4-3-5-8-14)21(27)28-12-17(25)23-16-10-6-9-15(11-16)20(26)22-2/h3-11H,12H2,1-2H3,(H,22,26)(H,23,25). The van der Waals surface area contributed by atoms with Crippen molar-refractivity contribution in [1.82, 2.24) is 10.5 Å². The van der Waals surface area contributed by atoms with E-state index in [0.29, 0.717) is 28.3 Å². The van der Waals surface area contributed by atoms with E-state index in [0.717, 1.165) is 0 Å². The van der Waals surface area contributed by atoms with Gasteiger partial charge in [-0.05, 0) is 25.1 Å². The minimum absolute atomic E-state index is 0.172. The number of ether oxygens (including phenoxy) is 1. The molecule has 0 fully saturated rings. The summed E-state index contributed by atoms with van der Waals surface area (Å²) in [6.07, 6.45) is 0. The molecule has 0 bridgehead atoms. The zero-order valence-corrected chi connectivity index (χ0v) is 15.9. The molecule has 0 unspecified atom stereocenters. The predicted octanol–water partition coefficient (Wildman–Crippen LogP) is 2.81. The summed E-state index contributed by atoms with van der Waals surface area (Å²) in [5.74, 6) is -1.23. The summed E-state index contributed by atoms with van der Waals surface area (Å²) >= 11 is 0. The molecule has 1 heterocycles. The number of nitrogens with one attached hydrogen (secondary N) is 2. The average molecular weight is 393 g/mol.